The number of hydrogen-bond donors (Lipinski definition) is 1. The molecular weight excluding hydrogens is 296 g/mol. The molecule has 124 valence electrons. The van der Waals surface area contributed by atoms with Crippen LogP contribution in [0.2, 0.25) is 0 Å². The van der Waals surface area contributed by atoms with Gasteiger partial charge in [0, 0.05) is 19.0 Å². The third-order valence-corrected chi connectivity index (χ3v) is 3.59. The zero-order chi connectivity index (χ0) is 17.0. The fourth-order valence-corrected chi connectivity index (χ4v) is 2.13. The first-order chi connectivity index (χ1) is 10.9. The molecule has 0 saturated heterocycles. The quantitative estimate of drug-likeness (QED) is 0.885. The summed E-state index contributed by atoms with van der Waals surface area (Å²) in [5.74, 6) is 1.29. The van der Waals surface area contributed by atoms with E-state index >= 15 is 0 Å². The number of benzene rings is 1. The molecule has 0 aliphatic heterocycles. The molecule has 1 aromatic carbocycles. The Morgan fingerprint density at radius 2 is 2.00 bits per heavy atom. The molecule has 0 spiro atoms. The van der Waals surface area contributed by atoms with Gasteiger partial charge in [-0.1, -0.05) is 31.1 Å². The number of rotatable bonds is 6. The Morgan fingerprint density at radius 3 is 2.52 bits per heavy atom. The van der Waals surface area contributed by atoms with Crippen molar-refractivity contribution in [1.82, 2.24) is 10.1 Å². The summed E-state index contributed by atoms with van der Waals surface area (Å²) in [5, 5.41) is 14.2. The normalized spacial score (nSPS) is 12.3. The molecule has 1 amide bonds. The Kier molecular flexibility index (Phi) is 5.39. The lowest BCUT2D eigenvalue weighted by molar-refractivity contribution is -0.139. The van der Waals surface area contributed by atoms with E-state index in [9.17, 15) is 9.90 Å². The summed E-state index contributed by atoms with van der Waals surface area (Å²) in [5.41, 5.74) is 1.18. The summed E-state index contributed by atoms with van der Waals surface area (Å²) in [6.45, 7) is 4.29. The zero-order valence-electron chi connectivity index (χ0n) is 13.8. The summed E-state index contributed by atoms with van der Waals surface area (Å²) < 4.78 is 10.3. The molecule has 1 heterocycles. The SMILES string of the molecule is COc1ccc(C(O)C(=O)N(C)Cc2cc(C(C)C)on2)cc1. The molecule has 0 bridgehead atoms. The highest BCUT2D eigenvalue weighted by Crippen LogP contribution is 2.20. The van der Waals surface area contributed by atoms with Crippen LogP contribution in [-0.2, 0) is 11.3 Å². The van der Waals surface area contributed by atoms with Gasteiger partial charge in [0.2, 0.25) is 0 Å². The summed E-state index contributed by atoms with van der Waals surface area (Å²) in [7, 11) is 3.19. The fourth-order valence-electron chi connectivity index (χ4n) is 2.13. The van der Waals surface area contributed by atoms with E-state index in [0.717, 1.165) is 5.76 Å². The van der Waals surface area contributed by atoms with Gasteiger partial charge in [0.25, 0.3) is 5.91 Å². The van der Waals surface area contributed by atoms with Crippen LogP contribution in [0.4, 0.5) is 0 Å². The molecule has 6 heteroatoms. The Morgan fingerprint density at radius 1 is 1.35 bits per heavy atom. The maximum absolute atomic E-state index is 12.3. The van der Waals surface area contributed by atoms with Gasteiger partial charge in [-0.15, -0.1) is 0 Å². The number of nitrogens with zero attached hydrogens (tertiary/aromatic N) is 2. The number of aliphatic hydroxyl groups excluding tert-OH is 1. The van der Waals surface area contributed by atoms with Crippen molar-refractivity contribution < 1.29 is 19.2 Å². The maximum atomic E-state index is 12.3. The number of amides is 1. The van der Waals surface area contributed by atoms with E-state index in [2.05, 4.69) is 5.16 Å². The van der Waals surface area contributed by atoms with Crippen molar-refractivity contribution in [2.75, 3.05) is 14.2 Å². The van der Waals surface area contributed by atoms with Gasteiger partial charge in [0.05, 0.1) is 13.7 Å². The van der Waals surface area contributed by atoms with E-state index < -0.39 is 12.0 Å². The van der Waals surface area contributed by atoms with Crippen LogP contribution >= 0.6 is 0 Å². The van der Waals surface area contributed by atoms with E-state index in [4.69, 9.17) is 9.26 Å². The van der Waals surface area contributed by atoms with Crippen LogP contribution in [0, 0.1) is 0 Å². The number of hydrogen-bond acceptors (Lipinski definition) is 5. The van der Waals surface area contributed by atoms with Gasteiger partial charge in [-0.3, -0.25) is 4.79 Å². The number of likely N-dealkylation sites (N-methyl/N-ethyl adjacent to an activating group) is 1. The van der Waals surface area contributed by atoms with E-state index in [1.54, 1.807) is 38.4 Å². The van der Waals surface area contributed by atoms with Gasteiger partial charge in [-0.25, -0.2) is 0 Å². The van der Waals surface area contributed by atoms with Crippen LogP contribution in [0.5, 0.6) is 5.75 Å². The van der Waals surface area contributed by atoms with Gasteiger partial charge in [0.15, 0.2) is 6.10 Å². The zero-order valence-corrected chi connectivity index (χ0v) is 13.8. The van der Waals surface area contributed by atoms with Gasteiger partial charge in [-0.2, -0.15) is 0 Å². The van der Waals surface area contributed by atoms with E-state index in [-0.39, 0.29) is 12.5 Å². The topological polar surface area (TPSA) is 75.8 Å². The van der Waals surface area contributed by atoms with E-state index in [1.165, 1.54) is 4.90 Å². The second-order valence-corrected chi connectivity index (χ2v) is 5.75. The molecule has 0 aliphatic carbocycles. The molecular formula is C17H22N2O4. The number of carbonyl (C=O) groups excluding carboxylic acids is 1. The molecule has 1 N–H and O–H groups in total. The molecule has 6 nitrogen and oxygen atoms in total. The van der Waals surface area contributed by atoms with E-state index in [0.29, 0.717) is 17.0 Å². The summed E-state index contributed by atoms with van der Waals surface area (Å²) in [4.78, 5) is 13.8. The van der Waals surface area contributed by atoms with Crippen molar-refractivity contribution in [2.24, 2.45) is 0 Å². The summed E-state index contributed by atoms with van der Waals surface area (Å²) >= 11 is 0. The highest BCUT2D eigenvalue weighted by molar-refractivity contribution is 5.81. The smallest absolute Gasteiger partial charge is 0.256 e. The highest BCUT2D eigenvalue weighted by atomic mass is 16.5. The predicted molar refractivity (Wildman–Crippen MR) is 85.0 cm³/mol. The minimum Gasteiger partial charge on any atom is -0.497 e. The van der Waals surface area contributed by atoms with Gasteiger partial charge in [0.1, 0.15) is 17.2 Å². The Balaban J connectivity index is 2.02. The molecule has 1 aromatic heterocycles. The van der Waals surface area contributed by atoms with Crippen molar-refractivity contribution >= 4 is 5.91 Å². The van der Waals surface area contributed by atoms with Crippen LogP contribution in [-0.4, -0.2) is 35.2 Å². The molecule has 1 atom stereocenters. The Bertz CT molecular complexity index is 649. The van der Waals surface area contributed by atoms with Crippen LogP contribution in [0.25, 0.3) is 0 Å². The fraction of sp³-hybridized carbons (Fsp3) is 0.412. The molecule has 0 aliphatic rings. The molecule has 0 saturated carbocycles. The first-order valence-electron chi connectivity index (χ1n) is 7.45. The number of carbonyl (C=O) groups is 1. The van der Waals surface area contributed by atoms with Crippen LogP contribution in [0.15, 0.2) is 34.9 Å². The Labute approximate surface area is 135 Å². The lowest BCUT2D eigenvalue weighted by Gasteiger charge is -2.19. The molecule has 1 unspecified atom stereocenters. The molecule has 0 fully saturated rings. The van der Waals surface area contributed by atoms with Gasteiger partial charge in [-0.05, 0) is 17.7 Å². The second-order valence-electron chi connectivity index (χ2n) is 5.75. The predicted octanol–water partition coefficient (Wildman–Crippen LogP) is 2.50. The first kappa shape index (κ1) is 17.0. The third-order valence-electron chi connectivity index (χ3n) is 3.59. The average Bonchev–Trinajstić information content (AvgIpc) is 3.02. The van der Waals surface area contributed by atoms with Crippen LogP contribution in [0.1, 0.15) is 42.9 Å². The van der Waals surface area contributed by atoms with Crippen LogP contribution in [0.3, 0.4) is 0 Å². The van der Waals surface area contributed by atoms with Gasteiger partial charge < -0.3 is 19.3 Å². The maximum Gasteiger partial charge on any atom is 0.256 e. The van der Waals surface area contributed by atoms with Crippen molar-refractivity contribution in [2.45, 2.75) is 32.4 Å². The molecule has 2 aromatic rings. The van der Waals surface area contributed by atoms with Crippen molar-refractivity contribution in [3.8, 4) is 5.75 Å². The third kappa shape index (κ3) is 4.10. The lowest BCUT2D eigenvalue weighted by atomic mass is 10.1. The van der Waals surface area contributed by atoms with E-state index in [1.807, 2.05) is 19.9 Å². The minimum absolute atomic E-state index is 0.238. The molecule has 2 rings (SSSR count). The van der Waals surface area contributed by atoms with Gasteiger partial charge >= 0.3 is 0 Å². The summed E-state index contributed by atoms with van der Waals surface area (Å²) in [6.07, 6.45) is -1.22. The molecule has 23 heavy (non-hydrogen) atoms. The lowest BCUT2D eigenvalue weighted by Crippen LogP contribution is -2.31. The highest BCUT2D eigenvalue weighted by Gasteiger charge is 2.22. The number of methoxy groups -OCH3 is 1. The van der Waals surface area contributed by atoms with Crippen molar-refractivity contribution in [3.63, 3.8) is 0 Å². The van der Waals surface area contributed by atoms with Crippen molar-refractivity contribution in [3.05, 3.63) is 47.3 Å². The Hall–Kier alpha value is -2.34. The largest absolute Gasteiger partial charge is 0.497 e. The standard InChI is InChI=1S/C17H22N2O4/c1-11(2)15-9-13(18-23-15)10-19(3)17(21)16(20)12-5-7-14(22-4)8-6-12/h5-9,11,16,20H,10H2,1-4H3. The van der Waals surface area contributed by atoms with Crippen molar-refractivity contribution in [1.29, 1.82) is 0 Å². The summed E-state index contributed by atoms with van der Waals surface area (Å²) in [6, 6.07) is 8.58. The number of aromatic nitrogens is 1. The molecule has 0 radical (unpaired) electrons. The van der Waals surface area contributed by atoms with Crippen LogP contribution < -0.4 is 4.74 Å². The first-order valence-corrected chi connectivity index (χ1v) is 7.45. The number of ether oxygens (including phenoxy) is 1. The monoisotopic (exact) mass is 318 g/mol. The average molecular weight is 318 g/mol. The minimum atomic E-state index is -1.22. The number of aliphatic hydroxyl groups is 1. The second kappa shape index (κ2) is 7.28.